The fourth-order valence-electron chi connectivity index (χ4n) is 2.84. The zero-order valence-electron chi connectivity index (χ0n) is 12.8. The highest BCUT2D eigenvalue weighted by molar-refractivity contribution is 5.71. The van der Waals surface area contributed by atoms with Gasteiger partial charge in [-0.1, -0.05) is 25.0 Å². The second-order valence-corrected chi connectivity index (χ2v) is 5.25. The van der Waals surface area contributed by atoms with Crippen LogP contribution in [0.5, 0.6) is 0 Å². The maximum atomic E-state index is 12.2. The van der Waals surface area contributed by atoms with Crippen molar-refractivity contribution in [2.75, 3.05) is 13.3 Å². The van der Waals surface area contributed by atoms with Crippen LogP contribution in [0.1, 0.15) is 39.0 Å². The average Bonchev–Trinajstić information content (AvgIpc) is 2.96. The van der Waals surface area contributed by atoms with E-state index in [1.807, 2.05) is 0 Å². The minimum atomic E-state index is -0.542. The van der Waals surface area contributed by atoms with Gasteiger partial charge in [0, 0.05) is 6.42 Å². The van der Waals surface area contributed by atoms with Crippen LogP contribution < -0.4 is 0 Å². The van der Waals surface area contributed by atoms with E-state index in [4.69, 9.17) is 15.9 Å². The van der Waals surface area contributed by atoms with Crippen molar-refractivity contribution in [2.24, 2.45) is 0 Å². The Hall–Kier alpha value is -2.22. The molecule has 2 rings (SSSR count). The number of fused-ring (bicyclic) bond motifs is 1. The Morgan fingerprint density at radius 3 is 2.86 bits per heavy atom. The summed E-state index contributed by atoms with van der Waals surface area (Å²) < 4.78 is 9.80. The molecule has 0 aliphatic heterocycles. The summed E-state index contributed by atoms with van der Waals surface area (Å²) in [6, 6.07) is -0.0445. The minimum absolute atomic E-state index is 0.0445. The van der Waals surface area contributed by atoms with Crippen LogP contribution in [0.15, 0.2) is 23.3 Å². The first kappa shape index (κ1) is 16.2. The topological polar surface area (TPSA) is 55.8 Å². The second-order valence-electron chi connectivity index (χ2n) is 5.25. The molecule has 1 atom stereocenters. The Balaban J connectivity index is 1.99. The van der Waals surface area contributed by atoms with Gasteiger partial charge in [-0.2, -0.15) is 0 Å². The van der Waals surface area contributed by atoms with E-state index < -0.39 is 12.1 Å². The highest BCUT2D eigenvalue weighted by Gasteiger charge is 2.34. The van der Waals surface area contributed by atoms with Gasteiger partial charge in [-0.25, -0.2) is 4.79 Å². The van der Waals surface area contributed by atoms with Crippen molar-refractivity contribution in [3.63, 3.8) is 0 Å². The molecule has 0 aromatic rings. The third kappa shape index (κ3) is 3.70. The molecule has 2 aliphatic carbocycles. The Morgan fingerprint density at radius 2 is 2.14 bits per heavy atom. The lowest BCUT2D eigenvalue weighted by Crippen LogP contribution is -2.41. The van der Waals surface area contributed by atoms with Gasteiger partial charge in [0.05, 0.1) is 12.6 Å². The Kier molecular flexibility index (Phi) is 5.65. The third-order valence-corrected chi connectivity index (χ3v) is 3.90. The molecule has 22 heavy (non-hydrogen) atoms. The van der Waals surface area contributed by atoms with Crippen LogP contribution in [0.3, 0.4) is 0 Å². The summed E-state index contributed by atoms with van der Waals surface area (Å²) in [5.74, 6) is 2.10. The number of nitrogens with zero attached hydrogens (tertiary/aromatic N) is 1. The van der Waals surface area contributed by atoms with Gasteiger partial charge in [0.2, 0.25) is 6.79 Å². The number of amides is 1. The van der Waals surface area contributed by atoms with Crippen molar-refractivity contribution in [3.05, 3.63) is 23.3 Å². The Bertz CT molecular complexity index is 541. The van der Waals surface area contributed by atoms with Crippen LogP contribution in [-0.2, 0) is 14.3 Å². The predicted octanol–water partition coefficient (Wildman–Crippen LogP) is 2.78. The molecule has 0 saturated heterocycles. The van der Waals surface area contributed by atoms with Gasteiger partial charge in [0.1, 0.15) is 0 Å². The van der Waals surface area contributed by atoms with Crippen LogP contribution in [-0.4, -0.2) is 36.3 Å². The summed E-state index contributed by atoms with van der Waals surface area (Å²) in [6.45, 7) is 1.48. The number of terminal acetylenes is 1. The van der Waals surface area contributed by atoms with Gasteiger partial charge in [-0.15, -0.1) is 6.42 Å². The summed E-state index contributed by atoms with van der Waals surface area (Å²) in [7, 11) is 0. The van der Waals surface area contributed by atoms with Gasteiger partial charge in [-0.05, 0) is 36.8 Å². The number of esters is 1. The molecule has 0 aromatic heterocycles. The van der Waals surface area contributed by atoms with Gasteiger partial charge < -0.3 is 9.47 Å². The normalized spacial score (nSPS) is 19.4. The molecule has 0 aromatic carbocycles. The van der Waals surface area contributed by atoms with Crippen molar-refractivity contribution in [3.8, 4) is 12.3 Å². The lowest BCUT2D eigenvalue weighted by Gasteiger charge is -2.28. The fraction of sp³-hybridized carbons (Fsp3) is 0.529. The molecule has 0 heterocycles. The lowest BCUT2D eigenvalue weighted by molar-refractivity contribution is -0.152. The molecule has 1 amide bonds. The first-order valence-electron chi connectivity index (χ1n) is 7.59. The van der Waals surface area contributed by atoms with E-state index in [0.29, 0.717) is 0 Å². The highest BCUT2D eigenvalue weighted by Crippen LogP contribution is 2.37. The van der Waals surface area contributed by atoms with Crippen molar-refractivity contribution >= 4 is 12.1 Å². The maximum Gasteiger partial charge on any atom is 0.413 e. The van der Waals surface area contributed by atoms with Crippen LogP contribution >= 0.6 is 0 Å². The Labute approximate surface area is 130 Å². The van der Waals surface area contributed by atoms with Gasteiger partial charge in [0.25, 0.3) is 0 Å². The van der Waals surface area contributed by atoms with E-state index in [9.17, 15) is 9.59 Å². The standard InChI is InChI=1S/C17H21NO4/c1-3-11-18(17(20)22-12-21-16(19)4-2)15-10-9-13-7-5-6-8-14(13)15/h1,7-8,15H,4-6,9-12H2,2H3. The van der Waals surface area contributed by atoms with E-state index in [0.717, 1.165) is 25.7 Å². The summed E-state index contributed by atoms with van der Waals surface area (Å²) in [5, 5.41) is 0. The number of ether oxygens (including phenoxy) is 2. The molecule has 5 heteroatoms. The van der Waals surface area contributed by atoms with E-state index >= 15 is 0 Å². The lowest BCUT2D eigenvalue weighted by atomic mass is 9.98. The summed E-state index contributed by atoms with van der Waals surface area (Å²) in [5.41, 5.74) is 2.49. The number of allylic oxidation sites excluding steroid dienone is 2. The molecule has 1 fully saturated rings. The van der Waals surface area contributed by atoms with Crippen molar-refractivity contribution in [1.82, 2.24) is 4.90 Å². The van der Waals surface area contributed by atoms with Gasteiger partial charge in [-0.3, -0.25) is 9.69 Å². The van der Waals surface area contributed by atoms with Crippen LogP contribution in [0.4, 0.5) is 4.79 Å². The zero-order chi connectivity index (χ0) is 15.9. The number of hydrogen-bond donors (Lipinski definition) is 0. The fourth-order valence-corrected chi connectivity index (χ4v) is 2.84. The predicted molar refractivity (Wildman–Crippen MR) is 81.7 cm³/mol. The summed E-state index contributed by atoms with van der Waals surface area (Å²) in [4.78, 5) is 24.8. The Morgan fingerprint density at radius 1 is 1.36 bits per heavy atom. The average molecular weight is 303 g/mol. The SMILES string of the molecule is C#CCN(C(=O)OCOC(=O)CC)C1CCC2=CCCC=C21. The maximum absolute atomic E-state index is 12.2. The van der Waals surface area contributed by atoms with Crippen LogP contribution in [0.2, 0.25) is 0 Å². The molecule has 0 spiro atoms. The smallest absolute Gasteiger partial charge is 0.413 e. The monoisotopic (exact) mass is 303 g/mol. The van der Waals surface area contributed by atoms with E-state index in [2.05, 4.69) is 18.1 Å². The van der Waals surface area contributed by atoms with Gasteiger partial charge in [0.15, 0.2) is 0 Å². The molecule has 5 nitrogen and oxygen atoms in total. The van der Waals surface area contributed by atoms with E-state index in [1.54, 1.807) is 6.92 Å². The number of carbonyl (C=O) groups excluding carboxylic acids is 2. The minimum Gasteiger partial charge on any atom is -0.428 e. The number of hydrogen-bond acceptors (Lipinski definition) is 4. The molecule has 2 aliphatic rings. The summed E-state index contributed by atoms with van der Waals surface area (Å²) >= 11 is 0. The van der Waals surface area contributed by atoms with Crippen LogP contribution in [0.25, 0.3) is 0 Å². The number of rotatable bonds is 5. The molecular formula is C17H21NO4. The highest BCUT2D eigenvalue weighted by atomic mass is 16.7. The van der Waals surface area contributed by atoms with Gasteiger partial charge >= 0.3 is 12.1 Å². The molecule has 1 unspecified atom stereocenters. The largest absolute Gasteiger partial charge is 0.428 e. The quantitative estimate of drug-likeness (QED) is 0.445. The molecule has 0 radical (unpaired) electrons. The molecular weight excluding hydrogens is 282 g/mol. The molecule has 1 saturated carbocycles. The first-order valence-corrected chi connectivity index (χ1v) is 7.59. The third-order valence-electron chi connectivity index (χ3n) is 3.90. The summed E-state index contributed by atoms with van der Waals surface area (Å²) in [6.07, 6.45) is 13.3. The zero-order valence-corrected chi connectivity index (χ0v) is 12.8. The molecule has 118 valence electrons. The van der Waals surface area contributed by atoms with E-state index in [1.165, 1.54) is 16.0 Å². The van der Waals surface area contributed by atoms with Crippen LogP contribution in [0, 0.1) is 12.3 Å². The first-order chi connectivity index (χ1) is 10.7. The van der Waals surface area contributed by atoms with Crippen molar-refractivity contribution in [1.29, 1.82) is 0 Å². The molecule has 0 N–H and O–H groups in total. The van der Waals surface area contributed by atoms with Crippen molar-refractivity contribution in [2.45, 2.75) is 45.1 Å². The second kappa shape index (κ2) is 7.69. The number of carbonyl (C=O) groups is 2. The van der Waals surface area contributed by atoms with E-state index in [-0.39, 0.29) is 25.8 Å². The van der Waals surface area contributed by atoms with Crippen molar-refractivity contribution < 1.29 is 19.1 Å². The molecule has 0 bridgehead atoms.